The second kappa shape index (κ2) is 8.50. The lowest BCUT2D eigenvalue weighted by molar-refractivity contribution is -0.116. The van der Waals surface area contributed by atoms with Crippen LogP contribution in [0.2, 0.25) is 0 Å². The van der Waals surface area contributed by atoms with Crippen molar-refractivity contribution in [3.63, 3.8) is 0 Å². The van der Waals surface area contributed by atoms with E-state index in [1.165, 1.54) is 11.1 Å². The second-order valence-corrected chi connectivity index (χ2v) is 6.10. The Morgan fingerprint density at radius 1 is 1.04 bits per heavy atom. The maximum absolute atomic E-state index is 12.1. The molecule has 0 aromatic heterocycles. The minimum absolute atomic E-state index is 0.0345. The number of anilines is 1. The number of ether oxygens (including phenoxy) is 1. The van der Waals surface area contributed by atoms with Crippen LogP contribution in [-0.4, -0.2) is 19.6 Å². The average molecular weight is 326 g/mol. The highest BCUT2D eigenvalue weighted by Crippen LogP contribution is 2.21. The Labute approximate surface area is 144 Å². The molecule has 0 aliphatic carbocycles. The number of hydrogen-bond donors (Lipinski definition) is 2. The Balaban J connectivity index is 1.77. The number of carbonyl (C=O) groups is 1. The smallest absolute Gasteiger partial charge is 0.225 e. The van der Waals surface area contributed by atoms with Gasteiger partial charge >= 0.3 is 0 Å². The molecule has 0 radical (unpaired) electrons. The summed E-state index contributed by atoms with van der Waals surface area (Å²) in [6.07, 6.45) is 0.447. The molecule has 1 amide bonds. The zero-order valence-corrected chi connectivity index (χ0v) is 14.9. The van der Waals surface area contributed by atoms with Crippen molar-refractivity contribution in [1.82, 2.24) is 5.32 Å². The highest BCUT2D eigenvalue weighted by molar-refractivity contribution is 5.92. The molecule has 24 heavy (non-hydrogen) atoms. The highest BCUT2D eigenvalue weighted by Gasteiger charge is 2.08. The fourth-order valence-corrected chi connectivity index (χ4v) is 2.76. The number of nitrogens with one attached hydrogen (secondary N) is 2. The Hall–Kier alpha value is -2.33. The van der Waals surface area contributed by atoms with Gasteiger partial charge in [-0.25, -0.2) is 0 Å². The molecule has 0 fully saturated rings. The van der Waals surface area contributed by atoms with Crippen molar-refractivity contribution in [2.45, 2.75) is 33.7 Å². The first-order chi connectivity index (χ1) is 11.5. The normalized spacial score (nSPS) is 10.5. The third kappa shape index (κ3) is 5.10. The number of methoxy groups -OCH3 is 1. The molecule has 2 N–H and O–H groups in total. The van der Waals surface area contributed by atoms with Crippen molar-refractivity contribution >= 4 is 11.6 Å². The topological polar surface area (TPSA) is 50.4 Å². The number of hydrogen-bond acceptors (Lipinski definition) is 3. The monoisotopic (exact) mass is 326 g/mol. The Bertz CT molecular complexity index is 670. The molecule has 0 saturated heterocycles. The summed E-state index contributed by atoms with van der Waals surface area (Å²) in [4.78, 5) is 12.1. The van der Waals surface area contributed by atoms with Gasteiger partial charge in [-0.2, -0.15) is 0 Å². The van der Waals surface area contributed by atoms with Crippen LogP contribution in [0.3, 0.4) is 0 Å². The van der Waals surface area contributed by atoms with E-state index < -0.39 is 0 Å². The lowest BCUT2D eigenvalue weighted by Crippen LogP contribution is -2.22. The predicted octanol–water partition coefficient (Wildman–Crippen LogP) is 3.74. The van der Waals surface area contributed by atoms with Crippen LogP contribution in [0.5, 0.6) is 5.75 Å². The maximum atomic E-state index is 12.1. The van der Waals surface area contributed by atoms with E-state index in [-0.39, 0.29) is 5.91 Å². The molecule has 0 bridgehead atoms. The highest BCUT2D eigenvalue weighted by atomic mass is 16.5. The Morgan fingerprint density at radius 3 is 2.25 bits per heavy atom. The molecule has 0 aliphatic rings. The number of benzene rings is 2. The predicted molar refractivity (Wildman–Crippen MR) is 98.6 cm³/mol. The molecule has 0 aliphatic heterocycles. The van der Waals surface area contributed by atoms with Crippen molar-refractivity contribution in [2.75, 3.05) is 19.0 Å². The van der Waals surface area contributed by atoms with Crippen LogP contribution in [-0.2, 0) is 11.3 Å². The molecule has 0 heterocycles. The quantitative estimate of drug-likeness (QED) is 0.762. The number of amides is 1. The molecule has 0 unspecified atom stereocenters. The van der Waals surface area contributed by atoms with Crippen LogP contribution in [0.25, 0.3) is 0 Å². The number of carbonyl (C=O) groups excluding carboxylic acids is 1. The standard InChI is InChI=1S/C20H26N2O2/c1-14-11-15(2)20(16(3)12-14)22-19(23)9-10-21-13-17-5-7-18(24-4)8-6-17/h5-8,11-12,21H,9-10,13H2,1-4H3,(H,22,23). The van der Waals surface area contributed by atoms with Gasteiger partial charge < -0.3 is 15.4 Å². The van der Waals surface area contributed by atoms with Crippen molar-refractivity contribution in [3.05, 3.63) is 58.7 Å². The molecule has 4 heteroatoms. The van der Waals surface area contributed by atoms with E-state index >= 15 is 0 Å². The molecule has 2 rings (SSSR count). The molecule has 4 nitrogen and oxygen atoms in total. The first-order valence-electron chi connectivity index (χ1n) is 8.21. The molecular weight excluding hydrogens is 300 g/mol. The lowest BCUT2D eigenvalue weighted by atomic mass is 10.1. The Kier molecular flexibility index (Phi) is 6.38. The van der Waals surface area contributed by atoms with Gasteiger partial charge in [0.2, 0.25) is 5.91 Å². The van der Waals surface area contributed by atoms with Gasteiger partial charge in [0.05, 0.1) is 7.11 Å². The molecule has 0 atom stereocenters. The van der Waals surface area contributed by atoms with Gasteiger partial charge in [0.25, 0.3) is 0 Å². The summed E-state index contributed by atoms with van der Waals surface area (Å²) >= 11 is 0. The van der Waals surface area contributed by atoms with Gasteiger partial charge in [-0.1, -0.05) is 29.8 Å². The van der Waals surface area contributed by atoms with Gasteiger partial charge in [-0.3, -0.25) is 4.79 Å². The minimum atomic E-state index is 0.0345. The minimum Gasteiger partial charge on any atom is -0.497 e. The van der Waals surface area contributed by atoms with E-state index in [0.29, 0.717) is 13.0 Å². The summed E-state index contributed by atoms with van der Waals surface area (Å²) in [7, 11) is 1.66. The Morgan fingerprint density at radius 2 is 1.67 bits per heavy atom. The van der Waals surface area contributed by atoms with Crippen LogP contribution in [0.15, 0.2) is 36.4 Å². The summed E-state index contributed by atoms with van der Waals surface area (Å²) < 4.78 is 5.14. The van der Waals surface area contributed by atoms with Gasteiger partial charge in [0, 0.05) is 25.2 Å². The van der Waals surface area contributed by atoms with Crippen LogP contribution in [0, 0.1) is 20.8 Å². The van der Waals surface area contributed by atoms with Gasteiger partial charge in [-0.15, -0.1) is 0 Å². The molecule has 0 spiro atoms. The first-order valence-corrected chi connectivity index (χ1v) is 8.21. The summed E-state index contributed by atoms with van der Waals surface area (Å²) in [6, 6.07) is 12.1. The third-order valence-corrected chi connectivity index (χ3v) is 3.96. The van der Waals surface area contributed by atoms with E-state index in [9.17, 15) is 4.79 Å². The molecule has 2 aromatic rings. The van der Waals surface area contributed by atoms with E-state index in [2.05, 4.69) is 29.7 Å². The van der Waals surface area contributed by atoms with E-state index in [1.54, 1.807) is 7.11 Å². The SMILES string of the molecule is COc1ccc(CNCCC(=O)Nc2c(C)cc(C)cc2C)cc1. The summed E-state index contributed by atoms with van der Waals surface area (Å²) in [6.45, 7) is 7.49. The van der Waals surface area contributed by atoms with Crippen LogP contribution < -0.4 is 15.4 Å². The fourth-order valence-electron chi connectivity index (χ4n) is 2.76. The first kappa shape index (κ1) is 18.0. The summed E-state index contributed by atoms with van der Waals surface area (Å²) in [5, 5.41) is 6.32. The number of aryl methyl sites for hydroxylation is 3. The fraction of sp³-hybridized carbons (Fsp3) is 0.350. The average Bonchev–Trinajstić information content (AvgIpc) is 2.55. The van der Waals surface area contributed by atoms with Crippen molar-refractivity contribution in [3.8, 4) is 5.75 Å². The molecule has 128 valence electrons. The lowest BCUT2D eigenvalue weighted by Gasteiger charge is -2.13. The van der Waals surface area contributed by atoms with Gasteiger partial charge in [0.1, 0.15) is 5.75 Å². The zero-order chi connectivity index (χ0) is 17.5. The van der Waals surface area contributed by atoms with Crippen LogP contribution in [0.1, 0.15) is 28.7 Å². The maximum Gasteiger partial charge on any atom is 0.225 e. The van der Waals surface area contributed by atoms with E-state index in [1.807, 2.05) is 38.1 Å². The van der Waals surface area contributed by atoms with Crippen molar-refractivity contribution in [2.24, 2.45) is 0 Å². The second-order valence-electron chi connectivity index (χ2n) is 6.10. The van der Waals surface area contributed by atoms with Gasteiger partial charge in [0.15, 0.2) is 0 Å². The summed E-state index contributed by atoms with van der Waals surface area (Å²) in [5.74, 6) is 0.884. The van der Waals surface area contributed by atoms with Gasteiger partial charge in [-0.05, 0) is 49.6 Å². The van der Waals surface area contributed by atoms with Crippen LogP contribution >= 0.6 is 0 Å². The van der Waals surface area contributed by atoms with E-state index in [4.69, 9.17) is 4.74 Å². The van der Waals surface area contributed by atoms with Crippen molar-refractivity contribution < 1.29 is 9.53 Å². The largest absolute Gasteiger partial charge is 0.497 e. The molecular formula is C20H26N2O2. The number of rotatable bonds is 7. The summed E-state index contributed by atoms with van der Waals surface area (Å²) in [5.41, 5.74) is 5.52. The third-order valence-electron chi connectivity index (χ3n) is 3.96. The zero-order valence-electron chi connectivity index (χ0n) is 14.9. The molecule has 2 aromatic carbocycles. The van der Waals surface area contributed by atoms with Crippen molar-refractivity contribution in [1.29, 1.82) is 0 Å². The van der Waals surface area contributed by atoms with E-state index in [0.717, 1.165) is 29.1 Å². The molecule has 0 saturated carbocycles. The van der Waals surface area contributed by atoms with Crippen LogP contribution in [0.4, 0.5) is 5.69 Å².